The lowest BCUT2D eigenvalue weighted by molar-refractivity contribution is 0.403. The molecule has 0 heterocycles. The fourth-order valence-electron chi connectivity index (χ4n) is 3.35. The molecule has 1 aromatic rings. The molecule has 1 fully saturated rings. The number of hydrogen-bond acceptors (Lipinski definition) is 2. The molecule has 0 bridgehead atoms. The van der Waals surface area contributed by atoms with Gasteiger partial charge >= 0.3 is 0 Å². The summed E-state index contributed by atoms with van der Waals surface area (Å²) in [5.74, 6) is 2.32. The highest BCUT2D eigenvalue weighted by Crippen LogP contribution is 2.43. The quantitative estimate of drug-likeness (QED) is 0.612. The first-order valence-electron chi connectivity index (χ1n) is 7.17. The Morgan fingerprint density at radius 2 is 1.83 bits per heavy atom. The molecule has 0 amide bonds. The van der Waals surface area contributed by atoms with E-state index in [-0.39, 0.29) is 0 Å². The van der Waals surface area contributed by atoms with Crippen LogP contribution >= 0.6 is 24.4 Å². The summed E-state index contributed by atoms with van der Waals surface area (Å²) in [6, 6.07) is 7.12. The van der Waals surface area contributed by atoms with Crippen molar-refractivity contribution in [3.8, 4) is 0 Å². The van der Waals surface area contributed by atoms with Crippen LogP contribution in [0.5, 0.6) is 0 Å². The van der Waals surface area contributed by atoms with Crippen LogP contribution in [0.3, 0.4) is 0 Å². The largest absolute Gasteiger partial charge is 0.179 e. The van der Waals surface area contributed by atoms with Crippen molar-refractivity contribution in [2.75, 3.05) is 11.5 Å². The van der Waals surface area contributed by atoms with E-state index >= 15 is 0 Å². The Morgan fingerprint density at radius 1 is 1.06 bits per heavy atom. The molecule has 0 aromatic heterocycles. The first-order chi connectivity index (χ1) is 8.81. The lowest BCUT2D eigenvalue weighted by Gasteiger charge is -2.26. The molecule has 0 saturated heterocycles. The van der Waals surface area contributed by atoms with Crippen molar-refractivity contribution >= 4 is 24.4 Å². The van der Waals surface area contributed by atoms with Crippen LogP contribution < -0.4 is 0 Å². The van der Waals surface area contributed by atoms with Crippen molar-refractivity contribution in [2.24, 2.45) is 5.41 Å². The van der Waals surface area contributed by atoms with Crippen LogP contribution in [0.2, 0.25) is 0 Å². The minimum Gasteiger partial charge on any atom is -0.179 e. The first kappa shape index (κ1) is 12.9. The number of hydrogen-bond donors (Lipinski definition) is 1. The predicted molar refractivity (Wildman–Crippen MR) is 83.9 cm³/mol. The van der Waals surface area contributed by atoms with Crippen LogP contribution in [0, 0.1) is 5.41 Å². The van der Waals surface area contributed by atoms with Crippen molar-refractivity contribution in [1.82, 2.24) is 0 Å². The smallest absolute Gasteiger partial charge is 0.00750 e. The van der Waals surface area contributed by atoms with Gasteiger partial charge < -0.3 is 0 Å². The molecule has 98 valence electrons. The molecule has 0 N–H and O–H groups in total. The van der Waals surface area contributed by atoms with E-state index in [9.17, 15) is 0 Å². The molecule has 3 rings (SSSR count). The van der Waals surface area contributed by atoms with Crippen molar-refractivity contribution < 1.29 is 0 Å². The molecule has 2 aliphatic rings. The van der Waals surface area contributed by atoms with E-state index < -0.39 is 0 Å². The summed E-state index contributed by atoms with van der Waals surface area (Å²) in [6.07, 6.45) is 9.52. The maximum atomic E-state index is 4.60. The summed E-state index contributed by atoms with van der Waals surface area (Å²) in [6.45, 7) is 0. The van der Waals surface area contributed by atoms with Gasteiger partial charge in [0.25, 0.3) is 0 Å². The number of benzene rings is 1. The summed E-state index contributed by atoms with van der Waals surface area (Å²) in [5.41, 5.74) is 3.71. The minimum absolute atomic E-state index is 0.521. The molecule has 0 aliphatic heterocycles. The normalized spacial score (nSPS) is 21.2. The SMILES string of the molecule is SCC1(CSc2ccc3c(c2)CCC3)CCCC1. The zero-order valence-electron chi connectivity index (χ0n) is 11.0. The molecule has 2 aliphatic carbocycles. The molecule has 18 heavy (non-hydrogen) atoms. The summed E-state index contributed by atoms with van der Waals surface area (Å²) < 4.78 is 0. The maximum Gasteiger partial charge on any atom is 0.00750 e. The molecule has 1 aromatic carbocycles. The fourth-order valence-corrected chi connectivity index (χ4v) is 5.18. The lowest BCUT2D eigenvalue weighted by Crippen LogP contribution is -2.21. The number of thiol groups is 1. The zero-order valence-corrected chi connectivity index (χ0v) is 12.7. The topological polar surface area (TPSA) is 0 Å². The number of fused-ring (bicyclic) bond motifs is 1. The Balaban J connectivity index is 1.66. The average Bonchev–Trinajstić information content (AvgIpc) is 3.05. The summed E-state index contributed by atoms with van der Waals surface area (Å²) in [5, 5.41) is 0. The van der Waals surface area contributed by atoms with E-state index in [1.54, 1.807) is 11.1 Å². The van der Waals surface area contributed by atoms with Gasteiger partial charge in [0.15, 0.2) is 0 Å². The Bertz CT molecular complexity index is 419. The van der Waals surface area contributed by atoms with Crippen molar-refractivity contribution in [1.29, 1.82) is 0 Å². The van der Waals surface area contributed by atoms with E-state index in [1.807, 2.05) is 0 Å². The second-order valence-corrected chi connectivity index (χ2v) is 7.30. The average molecular weight is 278 g/mol. The predicted octanol–water partition coefficient (Wildman–Crippen LogP) is 4.76. The second kappa shape index (κ2) is 5.50. The van der Waals surface area contributed by atoms with Gasteiger partial charge in [-0.25, -0.2) is 0 Å². The van der Waals surface area contributed by atoms with Gasteiger partial charge in [0.1, 0.15) is 0 Å². The van der Waals surface area contributed by atoms with Gasteiger partial charge in [-0.3, -0.25) is 0 Å². The van der Waals surface area contributed by atoms with Crippen LogP contribution in [0.15, 0.2) is 23.1 Å². The zero-order chi connectivity index (χ0) is 12.4. The summed E-state index contributed by atoms with van der Waals surface area (Å²) >= 11 is 6.66. The van der Waals surface area contributed by atoms with Gasteiger partial charge in [0.2, 0.25) is 0 Å². The molecule has 0 radical (unpaired) electrons. The third-order valence-electron chi connectivity index (χ3n) is 4.61. The van der Waals surface area contributed by atoms with Crippen LogP contribution in [-0.2, 0) is 12.8 Å². The third kappa shape index (κ3) is 2.60. The Morgan fingerprint density at radius 3 is 2.61 bits per heavy atom. The second-order valence-electron chi connectivity index (χ2n) is 5.94. The van der Waals surface area contributed by atoms with Crippen molar-refractivity contribution in [3.05, 3.63) is 29.3 Å². The monoisotopic (exact) mass is 278 g/mol. The molecule has 0 atom stereocenters. The fraction of sp³-hybridized carbons (Fsp3) is 0.625. The summed E-state index contributed by atoms with van der Waals surface area (Å²) in [7, 11) is 0. The highest BCUT2D eigenvalue weighted by atomic mass is 32.2. The van der Waals surface area contributed by atoms with E-state index in [0.717, 1.165) is 5.75 Å². The highest BCUT2D eigenvalue weighted by molar-refractivity contribution is 7.99. The lowest BCUT2D eigenvalue weighted by atomic mass is 9.91. The molecule has 2 heteroatoms. The van der Waals surface area contributed by atoms with Crippen LogP contribution in [0.4, 0.5) is 0 Å². The van der Waals surface area contributed by atoms with Gasteiger partial charge in [-0.15, -0.1) is 11.8 Å². The van der Waals surface area contributed by atoms with Crippen molar-refractivity contribution in [2.45, 2.75) is 49.8 Å². The van der Waals surface area contributed by atoms with Gasteiger partial charge in [-0.1, -0.05) is 18.9 Å². The van der Waals surface area contributed by atoms with Gasteiger partial charge in [0.05, 0.1) is 0 Å². The van der Waals surface area contributed by atoms with E-state index in [0.29, 0.717) is 5.41 Å². The van der Waals surface area contributed by atoms with Crippen LogP contribution in [0.1, 0.15) is 43.2 Å². The molecular formula is C16H22S2. The van der Waals surface area contributed by atoms with E-state index in [2.05, 4.69) is 42.6 Å². The third-order valence-corrected chi connectivity index (χ3v) is 6.63. The van der Waals surface area contributed by atoms with Crippen molar-refractivity contribution in [3.63, 3.8) is 0 Å². The Kier molecular flexibility index (Phi) is 3.95. The van der Waals surface area contributed by atoms with E-state index in [1.165, 1.54) is 55.6 Å². The molecule has 1 saturated carbocycles. The van der Waals surface area contributed by atoms with Gasteiger partial charge in [-0.05, 0) is 66.5 Å². The Labute approximate surface area is 120 Å². The number of aryl methyl sites for hydroxylation is 2. The maximum absolute atomic E-state index is 4.60. The minimum atomic E-state index is 0.521. The first-order valence-corrected chi connectivity index (χ1v) is 8.79. The standard InChI is InChI=1S/C16H22S2/c17-11-16(8-1-2-9-16)12-18-15-7-6-13-4-3-5-14(13)10-15/h6-7,10,17H,1-5,8-9,11-12H2. The number of rotatable bonds is 4. The molecular weight excluding hydrogens is 256 g/mol. The molecule has 0 spiro atoms. The van der Waals surface area contributed by atoms with E-state index in [4.69, 9.17) is 0 Å². The molecule has 0 nitrogen and oxygen atoms in total. The van der Waals surface area contributed by atoms with Gasteiger partial charge in [-0.2, -0.15) is 12.6 Å². The summed E-state index contributed by atoms with van der Waals surface area (Å²) in [4.78, 5) is 1.48. The number of thioether (sulfide) groups is 1. The highest BCUT2D eigenvalue weighted by Gasteiger charge is 2.32. The van der Waals surface area contributed by atoms with Gasteiger partial charge in [0, 0.05) is 10.6 Å². The van der Waals surface area contributed by atoms with Crippen LogP contribution in [0.25, 0.3) is 0 Å². The van der Waals surface area contributed by atoms with Crippen LogP contribution in [-0.4, -0.2) is 11.5 Å². The Hall–Kier alpha value is -0.0800. The molecule has 0 unspecified atom stereocenters.